The molecule has 1 atom stereocenters. The molecule has 2 rings (SSSR count). The Morgan fingerprint density at radius 1 is 1.47 bits per heavy atom. The van der Waals surface area contributed by atoms with Crippen molar-refractivity contribution in [2.45, 2.75) is 26.6 Å². The highest BCUT2D eigenvalue weighted by Crippen LogP contribution is 2.20. The Bertz CT molecular complexity index is 494. The number of rotatable bonds is 4. The van der Waals surface area contributed by atoms with E-state index in [4.69, 9.17) is 4.74 Å². The molecule has 0 radical (unpaired) electrons. The largest absolute Gasteiger partial charge is 0.487 e. The Kier molecular flexibility index (Phi) is 3.76. The fourth-order valence-electron chi connectivity index (χ4n) is 1.50. The van der Waals surface area contributed by atoms with Crippen molar-refractivity contribution in [2.24, 2.45) is 0 Å². The number of aliphatic hydroxyl groups is 1. The first kappa shape index (κ1) is 12.1. The molecule has 0 bridgehead atoms. The van der Waals surface area contributed by atoms with E-state index in [2.05, 4.69) is 4.98 Å². The van der Waals surface area contributed by atoms with Gasteiger partial charge in [0.05, 0.1) is 16.8 Å². The van der Waals surface area contributed by atoms with E-state index < -0.39 is 6.10 Å². The van der Waals surface area contributed by atoms with Crippen LogP contribution in [0.15, 0.2) is 29.6 Å². The Labute approximate surface area is 105 Å². The van der Waals surface area contributed by atoms with Crippen LogP contribution in [0.1, 0.15) is 29.3 Å². The summed E-state index contributed by atoms with van der Waals surface area (Å²) in [6.45, 7) is 4.18. The van der Waals surface area contributed by atoms with Crippen LogP contribution in [0.2, 0.25) is 0 Å². The van der Waals surface area contributed by atoms with Crippen LogP contribution in [0.25, 0.3) is 0 Å². The van der Waals surface area contributed by atoms with Gasteiger partial charge in [0.1, 0.15) is 12.4 Å². The summed E-state index contributed by atoms with van der Waals surface area (Å²) >= 11 is 1.62. The van der Waals surface area contributed by atoms with E-state index in [1.54, 1.807) is 18.3 Å². The Morgan fingerprint density at radius 3 is 2.94 bits per heavy atom. The third-order valence-corrected chi connectivity index (χ3v) is 3.22. The lowest BCUT2D eigenvalue weighted by atomic mass is 10.1. The third kappa shape index (κ3) is 3.28. The van der Waals surface area contributed by atoms with E-state index in [1.165, 1.54) is 0 Å². The van der Waals surface area contributed by atoms with Crippen molar-refractivity contribution >= 4 is 11.3 Å². The molecule has 0 spiro atoms. The number of aliphatic hydroxyl groups excluding tert-OH is 1. The summed E-state index contributed by atoms with van der Waals surface area (Å²) < 4.78 is 5.63. The monoisotopic (exact) mass is 249 g/mol. The Hall–Kier alpha value is -1.39. The van der Waals surface area contributed by atoms with Gasteiger partial charge < -0.3 is 9.84 Å². The number of nitrogens with zero attached hydrogens (tertiary/aromatic N) is 1. The van der Waals surface area contributed by atoms with Crippen molar-refractivity contribution in [3.05, 3.63) is 45.9 Å². The predicted molar refractivity (Wildman–Crippen MR) is 68.3 cm³/mol. The first-order valence-corrected chi connectivity index (χ1v) is 6.35. The lowest BCUT2D eigenvalue weighted by Crippen LogP contribution is -1.97. The zero-order valence-electron chi connectivity index (χ0n) is 9.88. The molecular weight excluding hydrogens is 234 g/mol. The summed E-state index contributed by atoms with van der Waals surface area (Å²) in [7, 11) is 0. The van der Waals surface area contributed by atoms with Crippen molar-refractivity contribution in [2.75, 3.05) is 0 Å². The maximum absolute atomic E-state index is 9.47. The van der Waals surface area contributed by atoms with Crippen molar-refractivity contribution in [3.63, 3.8) is 0 Å². The molecule has 0 aliphatic heterocycles. The maximum Gasteiger partial charge on any atom is 0.131 e. The highest BCUT2D eigenvalue weighted by Gasteiger charge is 2.03. The number of aromatic nitrogens is 1. The molecule has 0 saturated heterocycles. The molecule has 4 heteroatoms. The second kappa shape index (κ2) is 5.29. The summed E-state index contributed by atoms with van der Waals surface area (Å²) in [5, 5.41) is 12.5. The third-order valence-electron chi connectivity index (χ3n) is 2.39. The number of ether oxygens (including phenoxy) is 1. The van der Waals surface area contributed by atoms with Gasteiger partial charge in [0.25, 0.3) is 0 Å². The molecule has 1 aromatic heterocycles. The molecular formula is C13H15NO2S. The average Bonchev–Trinajstić information content (AvgIpc) is 2.73. The molecule has 0 aliphatic carbocycles. The van der Waals surface area contributed by atoms with Crippen molar-refractivity contribution in [1.82, 2.24) is 4.98 Å². The van der Waals surface area contributed by atoms with E-state index in [-0.39, 0.29) is 0 Å². The summed E-state index contributed by atoms with van der Waals surface area (Å²) in [6.07, 6.45) is -0.472. The molecule has 0 fully saturated rings. The van der Waals surface area contributed by atoms with Gasteiger partial charge in [0, 0.05) is 5.38 Å². The van der Waals surface area contributed by atoms with Crippen molar-refractivity contribution < 1.29 is 9.84 Å². The standard InChI is InChI=1S/C13H15NO2S/c1-9(15)11-4-3-5-13(6-11)16-7-12-8-17-10(2)14-12/h3-6,8-9,15H,7H2,1-2H3/t9-/m0/s1. The van der Waals surface area contributed by atoms with Gasteiger partial charge in [-0.25, -0.2) is 4.98 Å². The summed E-state index contributed by atoms with van der Waals surface area (Å²) in [6, 6.07) is 7.49. The highest BCUT2D eigenvalue weighted by molar-refractivity contribution is 7.09. The van der Waals surface area contributed by atoms with Gasteiger partial charge in [-0.1, -0.05) is 12.1 Å². The second-order valence-corrected chi connectivity index (χ2v) is 4.96. The van der Waals surface area contributed by atoms with E-state index in [1.807, 2.05) is 36.6 Å². The number of aryl methyl sites for hydroxylation is 1. The summed E-state index contributed by atoms with van der Waals surface area (Å²) in [5.41, 5.74) is 1.80. The molecule has 0 aliphatic rings. The Morgan fingerprint density at radius 2 is 2.29 bits per heavy atom. The molecule has 1 N–H and O–H groups in total. The van der Waals surface area contributed by atoms with E-state index in [0.29, 0.717) is 6.61 Å². The molecule has 1 heterocycles. The normalized spacial score (nSPS) is 12.4. The van der Waals surface area contributed by atoms with Crippen LogP contribution in [0, 0.1) is 6.92 Å². The fraction of sp³-hybridized carbons (Fsp3) is 0.308. The Balaban J connectivity index is 2.01. The predicted octanol–water partition coefficient (Wildman–Crippen LogP) is 3.08. The molecule has 1 aromatic carbocycles. The van der Waals surface area contributed by atoms with E-state index in [9.17, 15) is 5.11 Å². The quantitative estimate of drug-likeness (QED) is 0.905. The van der Waals surface area contributed by atoms with Crippen LogP contribution < -0.4 is 4.74 Å². The zero-order valence-corrected chi connectivity index (χ0v) is 10.7. The average molecular weight is 249 g/mol. The summed E-state index contributed by atoms with van der Waals surface area (Å²) in [4.78, 5) is 4.33. The minimum atomic E-state index is -0.472. The van der Waals surface area contributed by atoms with Crippen LogP contribution in [-0.4, -0.2) is 10.1 Å². The van der Waals surface area contributed by atoms with Crippen LogP contribution >= 0.6 is 11.3 Å². The van der Waals surface area contributed by atoms with Crippen LogP contribution in [0.3, 0.4) is 0 Å². The molecule has 0 amide bonds. The van der Waals surface area contributed by atoms with E-state index in [0.717, 1.165) is 22.0 Å². The second-order valence-electron chi connectivity index (χ2n) is 3.89. The van der Waals surface area contributed by atoms with Gasteiger partial charge in [-0.15, -0.1) is 11.3 Å². The molecule has 0 saturated carbocycles. The lowest BCUT2D eigenvalue weighted by Gasteiger charge is -2.08. The maximum atomic E-state index is 9.47. The van der Waals surface area contributed by atoms with Gasteiger partial charge in [-0.3, -0.25) is 0 Å². The molecule has 90 valence electrons. The van der Waals surface area contributed by atoms with Crippen LogP contribution in [0.4, 0.5) is 0 Å². The van der Waals surface area contributed by atoms with Gasteiger partial charge >= 0.3 is 0 Å². The molecule has 0 unspecified atom stereocenters. The van der Waals surface area contributed by atoms with Gasteiger partial charge in [0.15, 0.2) is 0 Å². The van der Waals surface area contributed by atoms with Crippen LogP contribution in [-0.2, 0) is 6.61 Å². The number of benzene rings is 1. The highest BCUT2D eigenvalue weighted by atomic mass is 32.1. The van der Waals surface area contributed by atoms with Gasteiger partial charge in [-0.05, 0) is 31.5 Å². The SMILES string of the molecule is Cc1nc(COc2cccc([C@H](C)O)c2)cs1. The zero-order chi connectivity index (χ0) is 12.3. The molecule has 2 aromatic rings. The lowest BCUT2D eigenvalue weighted by molar-refractivity contribution is 0.198. The first-order chi connectivity index (χ1) is 8.15. The molecule has 3 nitrogen and oxygen atoms in total. The summed E-state index contributed by atoms with van der Waals surface area (Å²) in [5.74, 6) is 0.758. The van der Waals surface area contributed by atoms with Crippen LogP contribution in [0.5, 0.6) is 5.75 Å². The van der Waals surface area contributed by atoms with Gasteiger partial charge in [-0.2, -0.15) is 0 Å². The number of hydrogen-bond donors (Lipinski definition) is 1. The van der Waals surface area contributed by atoms with Gasteiger partial charge in [0.2, 0.25) is 0 Å². The number of thiazole rings is 1. The molecule has 17 heavy (non-hydrogen) atoms. The smallest absolute Gasteiger partial charge is 0.131 e. The minimum Gasteiger partial charge on any atom is -0.487 e. The minimum absolute atomic E-state index is 0.466. The first-order valence-electron chi connectivity index (χ1n) is 5.47. The van der Waals surface area contributed by atoms with Crippen molar-refractivity contribution in [3.8, 4) is 5.75 Å². The van der Waals surface area contributed by atoms with Crippen molar-refractivity contribution in [1.29, 1.82) is 0 Å². The van der Waals surface area contributed by atoms with E-state index >= 15 is 0 Å². The topological polar surface area (TPSA) is 42.4 Å². The fourth-order valence-corrected chi connectivity index (χ4v) is 2.09. The number of hydrogen-bond acceptors (Lipinski definition) is 4.